The molecule has 6 atom stereocenters. The molecule has 4 heterocycles. The Morgan fingerprint density at radius 3 is 2.51 bits per heavy atom. The molecular formula is C31H37N6O11P. The summed E-state index contributed by atoms with van der Waals surface area (Å²) in [5.41, 5.74) is 4.47. The van der Waals surface area contributed by atoms with Crippen molar-refractivity contribution in [2.75, 3.05) is 32.2 Å². The highest BCUT2D eigenvalue weighted by Crippen LogP contribution is 2.50. The fourth-order valence-electron chi connectivity index (χ4n) is 5.07. The van der Waals surface area contributed by atoms with Crippen molar-refractivity contribution < 1.29 is 51.7 Å². The van der Waals surface area contributed by atoms with Crippen molar-refractivity contribution in [3.63, 3.8) is 0 Å². The lowest BCUT2D eigenvalue weighted by atomic mass is 9.95. The van der Waals surface area contributed by atoms with Crippen LogP contribution < -0.4 is 15.3 Å². The Balaban J connectivity index is 1.49. The summed E-state index contributed by atoms with van der Waals surface area (Å²) in [6, 6.07) is 12.0. The van der Waals surface area contributed by atoms with Gasteiger partial charge in [-0.1, -0.05) is 32.0 Å². The van der Waals surface area contributed by atoms with E-state index in [2.05, 4.69) is 15.2 Å². The highest BCUT2D eigenvalue weighted by atomic mass is 31.2. The van der Waals surface area contributed by atoms with Crippen LogP contribution in [0.2, 0.25) is 0 Å². The number of benzene rings is 1. The number of para-hydroxylation sites is 1. The number of esters is 3. The highest BCUT2D eigenvalue weighted by molar-refractivity contribution is 7.52. The largest absolute Gasteiger partial charge is 0.464 e. The number of nitrogens with one attached hydrogen (secondary N) is 1. The summed E-state index contributed by atoms with van der Waals surface area (Å²) in [7, 11) is -4.54. The second kappa shape index (κ2) is 15.3. The molecule has 0 amide bonds. The van der Waals surface area contributed by atoms with Crippen molar-refractivity contribution in [3.8, 4) is 11.8 Å². The summed E-state index contributed by atoms with van der Waals surface area (Å²) >= 11 is 0. The zero-order valence-corrected chi connectivity index (χ0v) is 27.9. The Bertz CT molecular complexity index is 1750. The van der Waals surface area contributed by atoms with Gasteiger partial charge in [0.25, 0.3) is 0 Å². The molecule has 17 nitrogen and oxygen atoms in total. The predicted molar refractivity (Wildman–Crippen MR) is 168 cm³/mol. The van der Waals surface area contributed by atoms with Crippen molar-refractivity contribution in [2.45, 2.75) is 63.6 Å². The van der Waals surface area contributed by atoms with E-state index in [9.17, 15) is 24.2 Å². The van der Waals surface area contributed by atoms with Crippen molar-refractivity contribution in [2.24, 2.45) is 5.92 Å². The van der Waals surface area contributed by atoms with E-state index < -0.39 is 62.2 Å². The van der Waals surface area contributed by atoms with Gasteiger partial charge >= 0.3 is 25.7 Å². The van der Waals surface area contributed by atoms with Crippen molar-refractivity contribution in [3.05, 3.63) is 54.5 Å². The lowest BCUT2D eigenvalue weighted by Crippen LogP contribution is -2.49. The first-order valence-electron chi connectivity index (χ1n) is 15.6. The minimum Gasteiger partial charge on any atom is -0.464 e. The van der Waals surface area contributed by atoms with Gasteiger partial charge in [0.1, 0.15) is 42.4 Å². The first-order valence-corrected chi connectivity index (χ1v) is 17.1. The topological polar surface area (TPSA) is 225 Å². The second-order valence-corrected chi connectivity index (χ2v) is 13.1. The van der Waals surface area contributed by atoms with Crippen LogP contribution in [0.5, 0.6) is 5.75 Å². The van der Waals surface area contributed by atoms with E-state index in [0.29, 0.717) is 18.7 Å². The molecule has 262 valence electrons. The molecule has 0 saturated carbocycles. The number of aromatic nitrogens is 3. The summed E-state index contributed by atoms with van der Waals surface area (Å²) in [6.07, 6.45) is -3.20. The van der Waals surface area contributed by atoms with Gasteiger partial charge in [-0.15, -0.1) is 0 Å². The molecule has 2 aromatic heterocycles. The number of nitrogens with two attached hydrogens (primary N) is 1. The number of ether oxygens (including phenoxy) is 5. The number of nitrogens with zero attached hydrogens (tertiary/aromatic N) is 4. The molecule has 5 rings (SSSR count). The Labute approximate surface area is 281 Å². The number of rotatable bonds is 15. The number of carbonyl (C=O) groups excluding carboxylic acids is 3. The molecule has 0 radical (unpaired) electrons. The van der Waals surface area contributed by atoms with Gasteiger partial charge < -0.3 is 33.9 Å². The maximum Gasteiger partial charge on any atom is 0.459 e. The van der Waals surface area contributed by atoms with Crippen LogP contribution in [-0.4, -0.2) is 82.8 Å². The molecule has 1 aromatic carbocycles. The van der Waals surface area contributed by atoms with Crippen LogP contribution in [0.15, 0.2) is 48.8 Å². The van der Waals surface area contributed by atoms with E-state index >= 15 is 0 Å². The van der Waals surface area contributed by atoms with Crippen LogP contribution in [0.25, 0.3) is 5.52 Å². The van der Waals surface area contributed by atoms with E-state index in [4.69, 9.17) is 38.5 Å². The van der Waals surface area contributed by atoms with Crippen LogP contribution in [0.1, 0.15) is 45.4 Å². The van der Waals surface area contributed by atoms with Crippen LogP contribution in [0, 0.1) is 17.2 Å². The lowest BCUT2D eigenvalue weighted by Gasteiger charge is -2.30. The van der Waals surface area contributed by atoms with Crippen LogP contribution >= 0.6 is 7.75 Å². The molecule has 49 heavy (non-hydrogen) atoms. The molecule has 2 fully saturated rings. The number of hydrogen-bond donors (Lipinski definition) is 2. The first kappa shape index (κ1) is 35.7. The zero-order chi connectivity index (χ0) is 35.2. The van der Waals surface area contributed by atoms with E-state index in [0.717, 1.165) is 0 Å². The molecule has 2 aliphatic heterocycles. The predicted octanol–water partition coefficient (Wildman–Crippen LogP) is 2.66. The van der Waals surface area contributed by atoms with E-state index in [1.54, 1.807) is 37.3 Å². The van der Waals surface area contributed by atoms with Crippen molar-refractivity contribution in [1.29, 1.82) is 5.26 Å². The van der Waals surface area contributed by atoms with Gasteiger partial charge in [-0.2, -0.15) is 15.4 Å². The number of anilines is 1. The summed E-state index contributed by atoms with van der Waals surface area (Å²) < 4.78 is 55.6. The van der Waals surface area contributed by atoms with E-state index in [1.165, 1.54) is 36.8 Å². The maximum absolute atomic E-state index is 14.4. The van der Waals surface area contributed by atoms with Gasteiger partial charge in [-0.3, -0.25) is 18.9 Å². The Hall–Kier alpha value is -4.59. The Morgan fingerprint density at radius 2 is 1.86 bits per heavy atom. The van der Waals surface area contributed by atoms with Gasteiger partial charge in [-0.05, 0) is 31.2 Å². The quantitative estimate of drug-likeness (QED) is 0.132. The number of nitriles is 1. The molecule has 3 aromatic rings. The van der Waals surface area contributed by atoms with Crippen molar-refractivity contribution >= 4 is 37.0 Å². The zero-order valence-electron chi connectivity index (χ0n) is 27.1. The van der Waals surface area contributed by atoms with Crippen LogP contribution in [-0.2, 0) is 47.2 Å². The van der Waals surface area contributed by atoms with E-state index in [-0.39, 0.29) is 42.6 Å². The third kappa shape index (κ3) is 8.01. The molecule has 2 aliphatic rings. The van der Waals surface area contributed by atoms with Crippen LogP contribution in [0.4, 0.5) is 5.82 Å². The van der Waals surface area contributed by atoms with Gasteiger partial charge in [-0.25, -0.2) is 14.1 Å². The fraction of sp³-hybridized carbons (Fsp3) is 0.484. The molecular weight excluding hydrogens is 663 g/mol. The molecule has 0 aliphatic carbocycles. The molecule has 0 bridgehead atoms. The fourth-order valence-corrected chi connectivity index (χ4v) is 6.59. The van der Waals surface area contributed by atoms with Crippen LogP contribution in [0.3, 0.4) is 0 Å². The minimum atomic E-state index is -4.54. The van der Waals surface area contributed by atoms with Gasteiger partial charge in [0.05, 0.1) is 25.5 Å². The molecule has 2 saturated heterocycles. The second-order valence-electron chi connectivity index (χ2n) is 11.4. The molecule has 0 unspecified atom stereocenters. The number of hydrogen-bond acceptors (Lipinski definition) is 15. The smallest absolute Gasteiger partial charge is 0.459 e. The van der Waals surface area contributed by atoms with Gasteiger partial charge in [0, 0.05) is 18.8 Å². The summed E-state index contributed by atoms with van der Waals surface area (Å²) in [5, 5.41) is 17.5. The molecule has 18 heteroatoms. The third-order valence-electron chi connectivity index (χ3n) is 7.78. The summed E-state index contributed by atoms with van der Waals surface area (Å²) in [6.45, 7) is 4.69. The van der Waals surface area contributed by atoms with E-state index in [1.807, 2.05) is 6.07 Å². The third-order valence-corrected chi connectivity index (χ3v) is 9.40. The Morgan fingerprint density at radius 1 is 1.14 bits per heavy atom. The Kier molecular flexibility index (Phi) is 11.2. The average Bonchev–Trinajstić information content (AvgIpc) is 3.63. The number of fused-ring (bicyclic) bond motifs is 1. The van der Waals surface area contributed by atoms with Gasteiger partial charge in [0.15, 0.2) is 18.0 Å². The highest BCUT2D eigenvalue weighted by Gasteiger charge is 2.62. The first-order chi connectivity index (χ1) is 23.5. The minimum absolute atomic E-state index is 0.0520. The normalized spacial score (nSPS) is 23.8. The summed E-state index contributed by atoms with van der Waals surface area (Å²) in [4.78, 5) is 42.3. The van der Waals surface area contributed by atoms with Crippen molar-refractivity contribution in [1.82, 2.24) is 19.7 Å². The maximum atomic E-state index is 14.4. The molecule has 3 N–H and O–H groups in total. The monoisotopic (exact) mass is 700 g/mol. The lowest BCUT2D eigenvalue weighted by molar-refractivity contribution is -0.169. The average molecular weight is 701 g/mol. The van der Waals surface area contributed by atoms with Gasteiger partial charge in [0.2, 0.25) is 5.60 Å². The number of carbonyl (C=O) groups is 3. The summed E-state index contributed by atoms with van der Waals surface area (Å²) in [5.74, 6) is -1.84. The standard InChI is InChI=1S/C31H37N6O11P/c1-4-24(38)45-27-26(22-11-12-23-29(33)34-18-35-37(22)23)47-31(16-32,28(27)46-25(39)5-2)17-44-49(41,48-21-9-7-6-8-10-21)36-19(3)30(40)43-15-20-13-42-14-20/h6-12,18-20,26-28H,4-5,13-15,17H2,1-3H3,(H,36,41)(H2,33,34,35)/t19-,26-,27-,28-,31+,49+/m0/s1. The molecule has 0 spiro atoms. The SMILES string of the molecule is CCC(=O)O[C@H]1[C@H](c2ccc3c(N)ncnn23)O[C@](C#N)(CO[P@](=O)(N[C@@H](C)C(=O)OCC2COC2)Oc2ccccc2)[C@H]1OC(=O)CC. The number of nitrogen functional groups attached to an aromatic ring is 1.